The number of hydrogen-bond donors (Lipinski definition) is 1. The van der Waals surface area contributed by atoms with Gasteiger partial charge < -0.3 is 10.1 Å². The number of anilines is 1. The molecule has 3 heterocycles. The molecule has 4 rings (SSSR count). The van der Waals surface area contributed by atoms with Crippen LogP contribution in [0, 0.1) is 13.8 Å². The summed E-state index contributed by atoms with van der Waals surface area (Å²) in [5, 5.41) is 6.86. The van der Waals surface area contributed by atoms with Crippen molar-refractivity contribution >= 4 is 27.4 Å². The normalized spacial score (nSPS) is 15.5. The molecule has 3 aromatic rings. The van der Waals surface area contributed by atoms with Crippen LogP contribution in [0.4, 0.5) is 5.82 Å². The lowest BCUT2D eigenvalue weighted by Crippen LogP contribution is -2.39. The van der Waals surface area contributed by atoms with Crippen molar-refractivity contribution < 1.29 is 4.74 Å². The van der Waals surface area contributed by atoms with Gasteiger partial charge in [0.1, 0.15) is 17.0 Å². The van der Waals surface area contributed by atoms with Gasteiger partial charge in [0.25, 0.3) is 0 Å². The summed E-state index contributed by atoms with van der Waals surface area (Å²) >= 11 is 1.68. The highest BCUT2D eigenvalue weighted by Gasteiger charge is 2.15. The number of hydrogen-bond acceptors (Lipinski definition) is 6. The third kappa shape index (κ3) is 3.58. The molecule has 0 atom stereocenters. The molecular formula is C20H24N4OS. The van der Waals surface area contributed by atoms with Gasteiger partial charge in [-0.05, 0) is 25.0 Å². The SMILES string of the molecule is Cc1ccc(-c2csc3ncnc(NCCN4CCOCC4)c23)c(C)c1. The molecule has 1 aromatic carbocycles. The molecule has 0 unspecified atom stereocenters. The maximum Gasteiger partial charge on any atom is 0.138 e. The van der Waals surface area contributed by atoms with Crippen LogP contribution in [0.5, 0.6) is 0 Å². The molecule has 136 valence electrons. The van der Waals surface area contributed by atoms with E-state index < -0.39 is 0 Å². The number of rotatable bonds is 5. The number of morpholine rings is 1. The predicted molar refractivity (Wildman–Crippen MR) is 108 cm³/mol. The van der Waals surface area contributed by atoms with Crippen molar-refractivity contribution in [3.8, 4) is 11.1 Å². The average molecular weight is 369 g/mol. The topological polar surface area (TPSA) is 50.3 Å². The van der Waals surface area contributed by atoms with Gasteiger partial charge in [0.2, 0.25) is 0 Å². The van der Waals surface area contributed by atoms with E-state index in [9.17, 15) is 0 Å². The minimum absolute atomic E-state index is 0.832. The number of nitrogens with zero attached hydrogens (tertiary/aromatic N) is 3. The second kappa shape index (κ2) is 7.70. The fourth-order valence-corrected chi connectivity index (χ4v) is 4.39. The van der Waals surface area contributed by atoms with E-state index in [4.69, 9.17) is 4.74 Å². The van der Waals surface area contributed by atoms with Gasteiger partial charge in [-0.15, -0.1) is 11.3 Å². The average Bonchev–Trinajstić information content (AvgIpc) is 3.07. The number of nitrogens with one attached hydrogen (secondary N) is 1. The van der Waals surface area contributed by atoms with Crippen molar-refractivity contribution in [1.82, 2.24) is 14.9 Å². The van der Waals surface area contributed by atoms with Crippen molar-refractivity contribution in [2.24, 2.45) is 0 Å². The maximum atomic E-state index is 5.41. The zero-order chi connectivity index (χ0) is 17.9. The molecule has 1 aliphatic rings. The fraction of sp³-hybridized carbons (Fsp3) is 0.400. The number of aromatic nitrogens is 2. The Bertz CT molecular complexity index is 902. The van der Waals surface area contributed by atoms with Gasteiger partial charge in [-0.1, -0.05) is 23.8 Å². The molecule has 2 aromatic heterocycles. The summed E-state index contributed by atoms with van der Waals surface area (Å²) in [6, 6.07) is 6.60. The van der Waals surface area contributed by atoms with Gasteiger partial charge in [0, 0.05) is 37.1 Å². The zero-order valence-electron chi connectivity index (χ0n) is 15.3. The lowest BCUT2D eigenvalue weighted by Gasteiger charge is -2.26. The Kier molecular flexibility index (Phi) is 5.15. The first-order valence-electron chi connectivity index (χ1n) is 9.06. The Labute approximate surface area is 158 Å². The minimum atomic E-state index is 0.832. The van der Waals surface area contributed by atoms with E-state index in [2.05, 4.69) is 57.6 Å². The summed E-state index contributed by atoms with van der Waals surface area (Å²) in [6.45, 7) is 9.84. The predicted octanol–water partition coefficient (Wildman–Crippen LogP) is 3.72. The minimum Gasteiger partial charge on any atom is -0.379 e. The van der Waals surface area contributed by atoms with Crippen LogP contribution in [-0.2, 0) is 4.74 Å². The second-order valence-electron chi connectivity index (χ2n) is 6.75. The summed E-state index contributed by atoms with van der Waals surface area (Å²) in [4.78, 5) is 12.5. The lowest BCUT2D eigenvalue weighted by atomic mass is 9.99. The molecular weight excluding hydrogens is 344 g/mol. The smallest absolute Gasteiger partial charge is 0.138 e. The van der Waals surface area contributed by atoms with Crippen molar-refractivity contribution in [1.29, 1.82) is 0 Å². The molecule has 26 heavy (non-hydrogen) atoms. The number of aryl methyl sites for hydroxylation is 2. The summed E-state index contributed by atoms with van der Waals surface area (Å²) < 4.78 is 5.41. The molecule has 0 spiro atoms. The van der Waals surface area contributed by atoms with Crippen molar-refractivity contribution in [2.75, 3.05) is 44.7 Å². The van der Waals surface area contributed by atoms with Gasteiger partial charge in [-0.3, -0.25) is 4.90 Å². The Morgan fingerprint density at radius 2 is 2.00 bits per heavy atom. The Morgan fingerprint density at radius 3 is 2.81 bits per heavy atom. The van der Waals surface area contributed by atoms with Crippen LogP contribution in [-0.4, -0.2) is 54.3 Å². The molecule has 1 aliphatic heterocycles. The summed E-state index contributed by atoms with van der Waals surface area (Å²) in [5.41, 5.74) is 5.04. The first-order valence-corrected chi connectivity index (χ1v) is 9.94. The quantitative estimate of drug-likeness (QED) is 0.744. The molecule has 0 radical (unpaired) electrons. The van der Waals surface area contributed by atoms with E-state index in [-0.39, 0.29) is 0 Å². The maximum absolute atomic E-state index is 5.41. The fourth-order valence-electron chi connectivity index (χ4n) is 3.48. The molecule has 6 heteroatoms. The van der Waals surface area contributed by atoms with Gasteiger partial charge in [-0.25, -0.2) is 9.97 Å². The van der Waals surface area contributed by atoms with Crippen molar-refractivity contribution in [3.63, 3.8) is 0 Å². The standard InChI is InChI=1S/C20H24N4OS/c1-14-3-4-16(15(2)11-14)17-12-26-20-18(17)19(22-13-23-20)21-5-6-24-7-9-25-10-8-24/h3-4,11-13H,5-10H2,1-2H3,(H,21,22,23). The molecule has 0 saturated carbocycles. The van der Waals surface area contributed by atoms with Crippen LogP contribution >= 0.6 is 11.3 Å². The Hall–Kier alpha value is -2.02. The third-order valence-electron chi connectivity index (χ3n) is 4.87. The number of ether oxygens (including phenoxy) is 1. The number of fused-ring (bicyclic) bond motifs is 1. The third-order valence-corrected chi connectivity index (χ3v) is 5.75. The van der Waals surface area contributed by atoms with Gasteiger partial charge in [0.05, 0.1) is 18.6 Å². The van der Waals surface area contributed by atoms with E-state index in [0.29, 0.717) is 0 Å². The highest BCUT2D eigenvalue weighted by Crippen LogP contribution is 2.37. The summed E-state index contributed by atoms with van der Waals surface area (Å²) in [7, 11) is 0. The van der Waals surface area contributed by atoms with Crippen molar-refractivity contribution in [2.45, 2.75) is 13.8 Å². The molecule has 0 aliphatic carbocycles. The van der Waals surface area contributed by atoms with Crippen LogP contribution in [0.25, 0.3) is 21.3 Å². The van der Waals surface area contributed by atoms with Crippen LogP contribution in [0.1, 0.15) is 11.1 Å². The van der Waals surface area contributed by atoms with Gasteiger partial charge >= 0.3 is 0 Å². The monoisotopic (exact) mass is 368 g/mol. The second-order valence-corrected chi connectivity index (χ2v) is 7.61. The van der Waals surface area contributed by atoms with E-state index in [1.807, 2.05) is 0 Å². The molecule has 0 amide bonds. The van der Waals surface area contributed by atoms with E-state index in [1.165, 1.54) is 22.3 Å². The lowest BCUT2D eigenvalue weighted by molar-refractivity contribution is 0.0398. The Balaban J connectivity index is 1.60. The van der Waals surface area contributed by atoms with Crippen LogP contribution in [0.3, 0.4) is 0 Å². The van der Waals surface area contributed by atoms with Crippen LogP contribution in [0.15, 0.2) is 29.9 Å². The highest BCUT2D eigenvalue weighted by atomic mass is 32.1. The molecule has 1 N–H and O–H groups in total. The Morgan fingerprint density at radius 1 is 1.15 bits per heavy atom. The number of benzene rings is 1. The van der Waals surface area contributed by atoms with Crippen LogP contribution < -0.4 is 5.32 Å². The highest BCUT2D eigenvalue weighted by molar-refractivity contribution is 7.17. The van der Waals surface area contributed by atoms with E-state index in [0.717, 1.165) is 55.4 Å². The first-order chi connectivity index (χ1) is 12.7. The molecule has 1 fully saturated rings. The molecule has 1 saturated heterocycles. The van der Waals surface area contributed by atoms with Crippen LogP contribution in [0.2, 0.25) is 0 Å². The zero-order valence-corrected chi connectivity index (χ0v) is 16.1. The van der Waals surface area contributed by atoms with E-state index >= 15 is 0 Å². The molecule has 0 bridgehead atoms. The van der Waals surface area contributed by atoms with Gasteiger partial charge in [0.15, 0.2) is 0 Å². The summed E-state index contributed by atoms with van der Waals surface area (Å²) in [6.07, 6.45) is 1.65. The molecule has 5 nitrogen and oxygen atoms in total. The largest absolute Gasteiger partial charge is 0.379 e. The summed E-state index contributed by atoms with van der Waals surface area (Å²) in [5.74, 6) is 0.930. The van der Waals surface area contributed by atoms with Gasteiger partial charge in [-0.2, -0.15) is 0 Å². The van der Waals surface area contributed by atoms with Crippen molar-refractivity contribution in [3.05, 3.63) is 41.0 Å². The number of thiophene rings is 1. The first kappa shape index (κ1) is 17.4. The van der Waals surface area contributed by atoms with E-state index in [1.54, 1.807) is 17.7 Å².